The lowest BCUT2D eigenvalue weighted by Crippen LogP contribution is -2.49. The van der Waals surface area contributed by atoms with Crippen LogP contribution in [0.25, 0.3) is 0 Å². The molecule has 0 aliphatic carbocycles. The standard InChI is InChI=1S/C16H25N3/c1-12-16(19-9-5-6-10-19)14-8-4-3-7-13(14)15(11-17)18(12)2/h3-4,7-8,12,15-16H,5-6,9-11,17H2,1-2H3. The van der Waals surface area contributed by atoms with Crippen molar-refractivity contribution in [1.82, 2.24) is 9.80 Å². The number of fused-ring (bicyclic) bond motifs is 1. The fourth-order valence-corrected chi connectivity index (χ4v) is 3.88. The highest BCUT2D eigenvalue weighted by atomic mass is 15.3. The van der Waals surface area contributed by atoms with E-state index in [9.17, 15) is 0 Å². The van der Waals surface area contributed by atoms with Crippen molar-refractivity contribution in [3.63, 3.8) is 0 Å². The second-order valence-electron chi connectivity index (χ2n) is 5.97. The number of likely N-dealkylation sites (tertiary alicyclic amines) is 1. The Balaban J connectivity index is 2.03. The number of benzene rings is 1. The molecule has 1 fully saturated rings. The molecular formula is C16H25N3. The van der Waals surface area contributed by atoms with Crippen molar-refractivity contribution in [3.05, 3.63) is 35.4 Å². The van der Waals surface area contributed by atoms with Crippen molar-refractivity contribution < 1.29 is 0 Å². The third-order valence-electron chi connectivity index (χ3n) is 5.02. The molecule has 2 heterocycles. The van der Waals surface area contributed by atoms with Gasteiger partial charge in [-0.05, 0) is 51.0 Å². The van der Waals surface area contributed by atoms with E-state index in [1.54, 1.807) is 0 Å². The van der Waals surface area contributed by atoms with E-state index in [0.717, 1.165) is 0 Å². The van der Waals surface area contributed by atoms with Crippen LogP contribution in [0, 0.1) is 0 Å². The number of nitrogens with zero attached hydrogens (tertiary/aromatic N) is 2. The molecule has 1 aromatic carbocycles. The summed E-state index contributed by atoms with van der Waals surface area (Å²) < 4.78 is 0. The summed E-state index contributed by atoms with van der Waals surface area (Å²) in [6, 6.07) is 10.3. The first-order valence-corrected chi connectivity index (χ1v) is 7.49. The minimum atomic E-state index is 0.366. The summed E-state index contributed by atoms with van der Waals surface area (Å²) >= 11 is 0. The number of hydrogen-bond donors (Lipinski definition) is 1. The summed E-state index contributed by atoms with van der Waals surface area (Å²) in [5, 5.41) is 0. The molecule has 3 unspecified atom stereocenters. The summed E-state index contributed by atoms with van der Waals surface area (Å²) in [7, 11) is 2.22. The average Bonchev–Trinajstić information content (AvgIpc) is 2.94. The van der Waals surface area contributed by atoms with E-state index >= 15 is 0 Å². The van der Waals surface area contributed by atoms with Gasteiger partial charge >= 0.3 is 0 Å². The monoisotopic (exact) mass is 259 g/mol. The third kappa shape index (κ3) is 2.10. The van der Waals surface area contributed by atoms with Gasteiger partial charge in [0.25, 0.3) is 0 Å². The Morgan fingerprint density at radius 2 is 1.79 bits per heavy atom. The highest BCUT2D eigenvalue weighted by molar-refractivity contribution is 5.37. The second-order valence-corrected chi connectivity index (χ2v) is 5.97. The predicted molar refractivity (Wildman–Crippen MR) is 79.0 cm³/mol. The zero-order chi connectivity index (χ0) is 13.4. The maximum atomic E-state index is 6.01. The summed E-state index contributed by atoms with van der Waals surface area (Å²) in [6.07, 6.45) is 2.69. The minimum absolute atomic E-state index is 0.366. The number of nitrogens with two attached hydrogens (primary N) is 1. The highest BCUT2D eigenvalue weighted by Crippen LogP contribution is 2.41. The highest BCUT2D eigenvalue weighted by Gasteiger charge is 2.39. The predicted octanol–water partition coefficient (Wildman–Crippen LogP) is 2.16. The number of hydrogen-bond acceptors (Lipinski definition) is 3. The van der Waals surface area contributed by atoms with Gasteiger partial charge in [-0.3, -0.25) is 9.80 Å². The topological polar surface area (TPSA) is 32.5 Å². The molecule has 0 bridgehead atoms. The molecule has 1 aromatic rings. The van der Waals surface area contributed by atoms with Gasteiger partial charge in [0, 0.05) is 18.6 Å². The molecule has 0 amide bonds. The van der Waals surface area contributed by atoms with Crippen LogP contribution in [-0.2, 0) is 0 Å². The first-order chi connectivity index (χ1) is 9.24. The molecule has 104 valence electrons. The molecule has 0 saturated carbocycles. The SMILES string of the molecule is CC1C(N2CCCC2)c2ccccc2C(CN)N1C. The van der Waals surface area contributed by atoms with Gasteiger partial charge in [-0.25, -0.2) is 0 Å². The normalized spacial score (nSPS) is 32.5. The Hall–Kier alpha value is -0.900. The van der Waals surface area contributed by atoms with E-state index in [1.165, 1.54) is 37.1 Å². The maximum absolute atomic E-state index is 6.01. The molecule has 3 heteroatoms. The summed E-state index contributed by atoms with van der Waals surface area (Å²) in [6.45, 7) is 5.53. The third-order valence-corrected chi connectivity index (χ3v) is 5.02. The van der Waals surface area contributed by atoms with Crippen LogP contribution in [0.2, 0.25) is 0 Å². The maximum Gasteiger partial charge on any atom is 0.0504 e. The van der Waals surface area contributed by atoms with Gasteiger partial charge in [0.05, 0.1) is 6.04 Å². The molecule has 3 nitrogen and oxygen atoms in total. The van der Waals surface area contributed by atoms with Gasteiger partial charge < -0.3 is 5.73 Å². The molecule has 0 spiro atoms. The minimum Gasteiger partial charge on any atom is -0.329 e. The largest absolute Gasteiger partial charge is 0.329 e. The van der Waals surface area contributed by atoms with Crippen LogP contribution in [-0.4, -0.2) is 42.5 Å². The molecule has 2 aliphatic heterocycles. The first kappa shape index (κ1) is 13.1. The van der Waals surface area contributed by atoms with Gasteiger partial charge in [-0.1, -0.05) is 24.3 Å². The molecule has 19 heavy (non-hydrogen) atoms. The summed E-state index contributed by atoms with van der Waals surface area (Å²) in [5.41, 5.74) is 8.95. The molecule has 0 aromatic heterocycles. The molecule has 2 N–H and O–H groups in total. The van der Waals surface area contributed by atoms with Crippen molar-refractivity contribution in [2.75, 3.05) is 26.7 Å². The lowest BCUT2D eigenvalue weighted by atomic mass is 9.84. The van der Waals surface area contributed by atoms with E-state index in [0.29, 0.717) is 24.7 Å². The Morgan fingerprint density at radius 3 is 2.42 bits per heavy atom. The van der Waals surface area contributed by atoms with Crippen molar-refractivity contribution in [1.29, 1.82) is 0 Å². The zero-order valence-electron chi connectivity index (χ0n) is 12.0. The van der Waals surface area contributed by atoms with Crippen LogP contribution in [0.1, 0.15) is 43.0 Å². The van der Waals surface area contributed by atoms with Gasteiger partial charge in [-0.2, -0.15) is 0 Å². The molecule has 2 aliphatic rings. The van der Waals surface area contributed by atoms with E-state index in [-0.39, 0.29) is 0 Å². The average molecular weight is 259 g/mol. The molecule has 3 atom stereocenters. The molecule has 0 radical (unpaired) electrons. The van der Waals surface area contributed by atoms with E-state index in [4.69, 9.17) is 5.73 Å². The first-order valence-electron chi connectivity index (χ1n) is 7.49. The van der Waals surface area contributed by atoms with Crippen LogP contribution in [0.3, 0.4) is 0 Å². The van der Waals surface area contributed by atoms with Crippen LogP contribution in [0.4, 0.5) is 0 Å². The molecular weight excluding hydrogens is 234 g/mol. The summed E-state index contributed by atoms with van der Waals surface area (Å²) in [5.74, 6) is 0. The lowest BCUT2D eigenvalue weighted by molar-refractivity contribution is 0.0726. The van der Waals surface area contributed by atoms with Crippen LogP contribution < -0.4 is 5.73 Å². The molecule has 3 rings (SSSR count). The quantitative estimate of drug-likeness (QED) is 0.883. The van der Waals surface area contributed by atoms with E-state index < -0.39 is 0 Å². The number of rotatable bonds is 2. The van der Waals surface area contributed by atoms with Crippen molar-refractivity contribution in [2.24, 2.45) is 5.73 Å². The zero-order valence-corrected chi connectivity index (χ0v) is 12.0. The van der Waals surface area contributed by atoms with E-state index in [2.05, 4.69) is 48.0 Å². The van der Waals surface area contributed by atoms with Crippen molar-refractivity contribution in [3.8, 4) is 0 Å². The fraction of sp³-hybridized carbons (Fsp3) is 0.625. The van der Waals surface area contributed by atoms with Gasteiger partial charge in [0.15, 0.2) is 0 Å². The Kier molecular flexibility index (Phi) is 3.61. The fourth-order valence-electron chi connectivity index (χ4n) is 3.88. The smallest absolute Gasteiger partial charge is 0.0504 e. The van der Waals surface area contributed by atoms with Gasteiger partial charge in [-0.15, -0.1) is 0 Å². The number of likely N-dealkylation sites (N-methyl/N-ethyl adjacent to an activating group) is 1. The van der Waals surface area contributed by atoms with Crippen LogP contribution >= 0.6 is 0 Å². The Bertz CT molecular complexity index is 439. The van der Waals surface area contributed by atoms with Crippen LogP contribution in [0.15, 0.2) is 24.3 Å². The Labute approximate surface area is 116 Å². The second kappa shape index (κ2) is 5.23. The van der Waals surface area contributed by atoms with E-state index in [1.807, 2.05) is 0 Å². The molecule has 1 saturated heterocycles. The van der Waals surface area contributed by atoms with Gasteiger partial charge in [0.1, 0.15) is 0 Å². The van der Waals surface area contributed by atoms with Crippen molar-refractivity contribution in [2.45, 2.75) is 37.9 Å². The van der Waals surface area contributed by atoms with Gasteiger partial charge in [0.2, 0.25) is 0 Å². The summed E-state index contributed by atoms with van der Waals surface area (Å²) in [4.78, 5) is 5.12. The van der Waals surface area contributed by atoms with Crippen molar-refractivity contribution >= 4 is 0 Å². The lowest BCUT2D eigenvalue weighted by Gasteiger charge is -2.47. The van der Waals surface area contributed by atoms with Crippen LogP contribution in [0.5, 0.6) is 0 Å². The Morgan fingerprint density at radius 1 is 1.16 bits per heavy atom.